The number of aliphatic hydroxyl groups excluding tert-OH is 1. The average Bonchev–Trinajstić information content (AvgIpc) is 2.43. The number of aliphatic hydroxyl groups is 1. The first-order chi connectivity index (χ1) is 6.27. The van der Waals surface area contributed by atoms with Crippen molar-refractivity contribution in [1.29, 1.82) is 0 Å². The van der Waals surface area contributed by atoms with Gasteiger partial charge in [0.15, 0.2) is 0 Å². The Labute approximate surface area is 79.9 Å². The van der Waals surface area contributed by atoms with Gasteiger partial charge in [-0.15, -0.1) is 0 Å². The first-order valence-electron chi connectivity index (χ1n) is 5.33. The Morgan fingerprint density at radius 2 is 2.08 bits per heavy atom. The van der Waals surface area contributed by atoms with Crippen molar-refractivity contribution >= 4 is 0 Å². The lowest BCUT2D eigenvalue weighted by atomic mass is 9.74. The summed E-state index contributed by atoms with van der Waals surface area (Å²) in [5.41, 5.74) is 0.388. The minimum absolute atomic E-state index is 0.0736. The van der Waals surface area contributed by atoms with E-state index in [1.165, 1.54) is 12.8 Å². The predicted octanol–water partition coefficient (Wildman–Crippen LogP) is 0.0989. The number of rotatable bonds is 1. The Morgan fingerprint density at radius 1 is 1.38 bits per heavy atom. The van der Waals surface area contributed by atoms with Gasteiger partial charge in [-0.2, -0.15) is 0 Å². The molecular weight excluding hydrogens is 164 g/mol. The lowest BCUT2D eigenvalue weighted by Gasteiger charge is -2.39. The van der Waals surface area contributed by atoms with Gasteiger partial charge in [-0.25, -0.2) is 0 Å². The lowest BCUT2D eigenvalue weighted by molar-refractivity contribution is 0.131. The second-order valence-corrected chi connectivity index (χ2v) is 4.55. The smallest absolute Gasteiger partial charge is 0.0561 e. The molecule has 3 heteroatoms. The average molecular weight is 184 g/mol. The molecule has 2 atom stereocenters. The van der Waals surface area contributed by atoms with E-state index >= 15 is 0 Å². The summed E-state index contributed by atoms with van der Waals surface area (Å²) in [5, 5.41) is 16.4. The van der Waals surface area contributed by atoms with Crippen LogP contribution in [-0.2, 0) is 0 Å². The highest BCUT2D eigenvalue weighted by Crippen LogP contribution is 2.44. The summed E-state index contributed by atoms with van der Waals surface area (Å²) < 4.78 is 0. The van der Waals surface area contributed by atoms with Crippen LogP contribution in [-0.4, -0.2) is 37.4 Å². The van der Waals surface area contributed by atoms with Gasteiger partial charge in [0.2, 0.25) is 0 Å². The molecule has 2 rings (SSSR count). The molecule has 0 amide bonds. The van der Waals surface area contributed by atoms with Crippen LogP contribution in [0.3, 0.4) is 0 Å². The van der Waals surface area contributed by atoms with Crippen LogP contribution in [0.1, 0.15) is 25.7 Å². The minimum atomic E-state index is -0.0736. The first kappa shape index (κ1) is 9.44. The zero-order valence-corrected chi connectivity index (χ0v) is 8.34. The van der Waals surface area contributed by atoms with Crippen molar-refractivity contribution in [3.05, 3.63) is 0 Å². The van der Waals surface area contributed by atoms with Crippen LogP contribution in [0, 0.1) is 5.41 Å². The SMILES string of the molecule is CN[C@@H]1C[C@H](O)CC12CCNCC2. The van der Waals surface area contributed by atoms with Crippen molar-refractivity contribution in [2.75, 3.05) is 20.1 Å². The van der Waals surface area contributed by atoms with Crippen molar-refractivity contribution in [2.24, 2.45) is 5.41 Å². The highest BCUT2D eigenvalue weighted by Gasteiger charge is 2.46. The lowest BCUT2D eigenvalue weighted by Crippen LogP contribution is -2.46. The molecule has 13 heavy (non-hydrogen) atoms. The fourth-order valence-electron chi connectivity index (χ4n) is 3.12. The van der Waals surface area contributed by atoms with E-state index in [0.29, 0.717) is 11.5 Å². The molecule has 0 aromatic rings. The molecule has 0 aromatic heterocycles. The van der Waals surface area contributed by atoms with Crippen LogP contribution in [0.5, 0.6) is 0 Å². The second-order valence-electron chi connectivity index (χ2n) is 4.55. The van der Waals surface area contributed by atoms with Crippen molar-refractivity contribution in [3.63, 3.8) is 0 Å². The predicted molar refractivity (Wildman–Crippen MR) is 52.6 cm³/mol. The van der Waals surface area contributed by atoms with Crippen LogP contribution >= 0.6 is 0 Å². The maximum atomic E-state index is 9.69. The van der Waals surface area contributed by atoms with Gasteiger partial charge in [-0.3, -0.25) is 0 Å². The van der Waals surface area contributed by atoms with Gasteiger partial charge >= 0.3 is 0 Å². The molecule has 0 aromatic carbocycles. The molecule has 0 bridgehead atoms. The Kier molecular flexibility index (Phi) is 2.58. The number of hydrogen-bond acceptors (Lipinski definition) is 3. The standard InChI is InChI=1S/C10H20N2O/c1-11-9-6-8(13)7-10(9)2-4-12-5-3-10/h8-9,11-13H,2-7H2,1H3/t8-,9+/m0/s1. The Bertz CT molecular complexity index is 178. The molecule has 2 aliphatic rings. The van der Waals surface area contributed by atoms with Crippen molar-refractivity contribution in [2.45, 2.75) is 37.8 Å². The molecule has 3 nitrogen and oxygen atoms in total. The molecule has 3 N–H and O–H groups in total. The summed E-state index contributed by atoms with van der Waals surface area (Å²) in [6.07, 6.45) is 4.30. The molecule has 0 radical (unpaired) electrons. The van der Waals surface area contributed by atoms with E-state index in [-0.39, 0.29) is 6.10 Å². The quantitative estimate of drug-likeness (QED) is 0.541. The van der Waals surface area contributed by atoms with Gasteiger partial charge in [-0.05, 0) is 51.2 Å². The van der Waals surface area contributed by atoms with Crippen molar-refractivity contribution < 1.29 is 5.11 Å². The van der Waals surface area contributed by atoms with Crippen LogP contribution < -0.4 is 10.6 Å². The first-order valence-corrected chi connectivity index (χ1v) is 5.33. The summed E-state index contributed by atoms with van der Waals surface area (Å²) >= 11 is 0. The highest BCUT2D eigenvalue weighted by atomic mass is 16.3. The molecule has 76 valence electrons. The normalized spacial score (nSPS) is 38.3. The number of piperidine rings is 1. The van der Waals surface area contributed by atoms with E-state index in [1.54, 1.807) is 0 Å². The number of hydrogen-bond donors (Lipinski definition) is 3. The van der Waals surface area contributed by atoms with E-state index < -0.39 is 0 Å². The topological polar surface area (TPSA) is 44.3 Å². The van der Waals surface area contributed by atoms with Gasteiger partial charge in [0.1, 0.15) is 0 Å². The maximum Gasteiger partial charge on any atom is 0.0561 e. The third kappa shape index (κ3) is 1.60. The fraction of sp³-hybridized carbons (Fsp3) is 1.00. The van der Waals surface area contributed by atoms with Crippen molar-refractivity contribution in [3.8, 4) is 0 Å². The summed E-state index contributed by atoms with van der Waals surface area (Å²) in [6, 6.07) is 0.532. The molecule has 1 aliphatic heterocycles. The fourth-order valence-corrected chi connectivity index (χ4v) is 3.12. The Morgan fingerprint density at radius 3 is 2.69 bits per heavy atom. The van der Waals surface area contributed by atoms with Gasteiger partial charge in [0.05, 0.1) is 6.10 Å². The second kappa shape index (κ2) is 3.56. The Hall–Kier alpha value is -0.120. The van der Waals surface area contributed by atoms with E-state index in [4.69, 9.17) is 0 Å². The molecule has 1 saturated carbocycles. The van der Waals surface area contributed by atoms with Gasteiger partial charge in [-0.1, -0.05) is 0 Å². The molecule has 1 saturated heterocycles. The summed E-state index contributed by atoms with van der Waals surface area (Å²) in [5.74, 6) is 0. The molecule has 0 unspecified atom stereocenters. The van der Waals surface area contributed by atoms with E-state index in [9.17, 15) is 5.11 Å². The zero-order chi connectivity index (χ0) is 9.31. The third-order valence-corrected chi connectivity index (χ3v) is 3.84. The van der Waals surface area contributed by atoms with Crippen LogP contribution in [0.15, 0.2) is 0 Å². The monoisotopic (exact) mass is 184 g/mol. The van der Waals surface area contributed by atoms with E-state index in [2.05, 4.69) is 10.6 Å². The van der Waals surface area contributed by atoms with Crippen LogP contribution in [0.4, 0.5) is 0 Å². The third-order valence-electron chi connectivity index (χ3n) is 3.84. The largest absolute Gasteiger partial charge is 0.393 e. The van der Waals surface area contributed by atoms with Crippen LogP contribution in [0.25, 0.3) is 0 Å². The van der Waals surface area contributed by atoms with Gasteiger partial charge in [0.25, 0.3) is 0 Å². The molecular formula is C10H20N2O. The molecule has 1 spiro atoms. The summed E-state index contributed by atoms with van der Waals surface area (Å²) in [7, 11) is 2.02. The summed E-state index contributed by atoms with van der Waals surface area (Å²) in [4.78, 5) is 0. The molecule has 1 aliphatic carbocycles. The van der Waals surface area contributed by atoms with Crippen LogP contribution in [0.2, 0.25) is 0 Å². The van der Waals surface area contributed by atoms with Gasteiger partial charge < -0.3 is 15.7 Å². The zero-order valence-electron chi connectivity index (χ0n) is 8.34. The summed E-state index contributed by atoms with van der Waals surface area (Å²) in [6.45, 7) is 2.23. The highest BCUT2D eigenvalue weighted by molar-refractivity contribution is 5.01. The minimum Gasteiger partial charge on any atom is -0.393 e. The van der Waals surface area contributed by atoms with Gasteiger partial charge in [0, 0.05) is 6.04 Å². The van der Waals surface area contributed by atoms with Crippen molar-refractivity contribution in [1.82, 2.24) is 10.6 Å². The molecule has 2 fully saturated rings. The van der Waals surface area contributed by atoms with E-state index in [1.807, 2.05) is 7.05 Å². The Balaban J connectivity index is 2.09. The number of nitrogens with one attached hydrogen (secondary N) is 2. The van der Waals surface area contributed by atoms with E-state index in [0.717, 1.165) is 25.9 Å². The molecule has 1 heterocycles. The maximum absolute atomic E-state index is 9.69.